The first-order valence-corrected chi connectivity index (χ1v) is 12.1. The summed E-state index contributed by atoms with van der Waals surface area (Å²) in [6.07, 6.45) is 0.854. The Morgan fingerprint density at radius 2 is 1.72 bits per heavy atom. The van der Waals surface area contributed by atoms with Crippen molar-refractivity contribution in [3.05, 3.63) is 59.7 Å². The summed E-state index contributed by atoms with van der Waals surface area (Å²) in [5.74, 6) is 1.09. The smallest absolute Gasteiger partial charge is 0.262 e. The van der Waals surface area contributed by atoms with Crippen molar-refractivity contribution in [2.24, 2.45) is 10.5 Å². The number of benzene rings is 2. The number of hydrazone groups is 1. The summed E-state index contributed by atoms with van der Waals surface area (Å²) in [6.45, 7) is 6.61. The lowest BCUT2D eigenvalue weighted by Gasteiger charge is -2.29. The molecule has 0 saturated carbocycles. The number of ether oxygens (including phenoxy) is 3. The largest absolute Gasteiger partial charge is 0.497 e. The van der Waals surface area contributed by atoms with Crippen LogP contribution in [0.15, 0.2) is 53.6 Å². The summed E-state index contributed by atoms with van der Waals surface area (Å²) in [5, 5.41) is 6.25. The van der Waals surface area contributed by atoms with Crippen molar-refractivity contribution in [1.82, 2.24) is 9.91 Å². The minimum atomic E-state index is -0.354. The Morgan fingerprint density at radius 1 is 1.03 bits per heavy atom. The highest BCUT2D eigenvalue weighted by Crippen LogP contribution is 2.37. The monoisotopic (exact) mass is 495 g/mol. The molecule has 8 heteroatoms. The molecule has 8 nitrogen and oxygen atoms in total. The van der Waals surface area contributed by atoms with Gasteiger partial charge in [0.2, 0.25) is 5.91 Å². The molecule has 0 saturated heterocycles. The van der Waals surface area contributed by atoms with E-state index in [2.05, 4.69) is 0 Å². The average Bonchev–Trinajstić information content (AvgIpc) is 3.30. The Labute approximate surface area is 213 Å². The van der Waals surface area contributed by atoms with Gasteiger partial charge in [-0.15, -0.1) is 0 Å². The third-order valence-electron chi connectivity index (χ3n) is 6.01. The first kappa shape index (κ1) is 27.2. The highest BCUT2D eigenvalue weighted by Gasteiger charge is 2.36. The summed E-state index contributed by atoms with van der Waals surface area (Å²) in [4.78, 5) is 28.3. The lowest BCUT2D eigenvalue weighted by atomic mass is 9.91. The maximum absolute atomic E-state index is 13.7. The van der Waals surface area contributed by atoms with Gasteiger partial charge in [-0.25, -0.2) is 5.01 Å². The first-order chi connectivity index (χ1) is 17.2. The van der Waals surface area contributed by atoms with Crippen LogP contribution < -0.4 is 9.47 Å². The third kappa shape index (κ3) is 6.85. The normalized spacial score (nSPS) is 15.4. The summed E-state index contributed by atoms with van der Waals surface area (Å²) < 4.78 is 16.1. The van der Waals surface area contributed by atoms with E-state index in [0.29, 0.717) is 31.7 Å². The fourth-order valence-corrected chi connectivity index (χ4v) is 4.18. The maximum atomic E-state index is 13.7. The van der Waals surface area contributed by atoms with Gasteiger partial charge >= 0.3 is 0 Å². The molecule has 0 fully saturated rings. The molecule has 194 valence electrons. The minimum absolute atomic E-state index is 0.0800. The quantitative estimate of drug-likeness (QED) is 0.491. The molecule has 1 unspecified atom stereocenters. The Morgan fingerprint density at radius 3 is 2.33 bits per heavy atom. The lowest BCUT2D eigenvalue weighted by molar-refractivity contribution is -0.143. The summed E-state index contributed by atoms with van der Waals surface area (Å²) >= 11 is 0. The van der Waals surface area contributed by atoms with Gasteiger partial charge in [-0.2, -0.15) is 5.10 Å². The summed E-state index contributed by atoms with van der Waals surface area (Å²) in [5.41, 5.74) is 2.36. The van der Waals surface area contributed by atoms with Crippen LogP contribution in [0.2, 0.25) is 0 Å². The molecule has 1 atom stereocenters. The van der Waals surface area contributed by atoms with Gasteiger partial charge in [-0.3, -0.25) is 9.59 Å². The summed E-state index contributed by atoms with van der Waals surface area (Å²) in [7, 11) is 4.82. The van der Waals surface area contributed by atoms with E-state index < -0.39 is 0 Å². The Kier molecular flexibility index (Phi) is 9.09. The van der Waals surface area contributed by atoms with E-state index in [1.165, 1.54) is 5.01 Å². The van der Waals surface area contributed by atoms with Gasteiger partial charge in [0.25, 0.3) is 5.91 Å². The van der Waals surface area contributed by atoms with Gasteiger partial charge in [0.1, 0.15) is 18.0 Å². The molecule has 0 spiro atoms. The Bertz CT molecular complexity index is 1080. The first-order valence-electron chi connectivity index (χ1n) is 12.1. The lowest BCUT2D eigenvalue weighted by Crippen LogP contribution is -2.43. The number of amides is 2. The zero-order chi connectivity index (χ0) is 26.3. The molecule has 3 rings (SSSR count). The molecule has 2 aromatic carbocycles. The van der Waals surface area contributed by atoms with Crippen molar-refractivity contribution in [3.63, 3.8) is 0 Å². The van der Waals surface area contributed by atoms with Crippen molar-refractivity contribution in [2.45, 2.75) is 39.7 Å². The number of para-hydroxylation sites is 1. The predicted octanol–water partition coefficient (Wildman–Crippen LogP) is 4.29. The molecule has 0 N–H and O–H groups in total. The fraction of sp³-hybridized carbons (Fsp3) is 0.464. The van der Waals surface area contributed by atoms with E-state index in [4.69, 9.17) is 19.3 Å². The second-order valence-electron chi connectivity index (χ2n) is 10.0. The second-order valence-corrected chi connectivity index (χ2v) is 10.0. The number of hydrogen-bond donors (Lipinski definition) is 0. The average molecular weight is 496 g/mol. The van der Waals surface area contributed by atoms with Crippen molar-refractivity contribution >= 4 is 17.5 Å². The van der Waals surface area contributed by atoms with Crippen LogP contribution in [0.25, 0.3) is 0 Å². The van der Waals surface area contributed by atoms with Crippen molar-refractivity contribution < 1.29 is 23.8 Å². The van der Waals surface area contributed by atoms with Gasteiger partial charge in [0.05, 0.1) is 32.6 Å². The fourth-order valence-electron chi connectivity index (χ4n) is 4.18. The number of nitrogens with zero attached hydrogens (tertiary/aromatic N) is 3. The van der Waals surface area contributed by atoms with Crippen LogP contribution in [-0.2, 0) is 14.3 Å². The molecule has 0 radical (unpaired) electrons. The number of methoxy groups -OCH3 is 3. The van der Waals surface area contributed by atoms with Crippen LogP contribution in [0, 0.1) is 5.41 Å². The van der Waals surface area contributed by atoms with Crippen LogP contribution in [0.5, 0.6) is 11.5 Å². The van der Waals surface area contributed by atoms with Gasteiger partial charge < -0.3 is 19.1 Å². The minimum Gasteiger partial charge on any atom is -0.497 e. The highest BCUT2D eigenvalue weighted by atomic mass is 16.5. The van der Waals surface area contributed by atoms with Crippen molar-refractivity contribution in [2.75, 3.05) is 41.0 Å². The van der Waals surface area contributed by atoms with Gasteiger partial charge in [0.15, 0.2) is 0 Å². The topological polar surface area (TPSA) is 80.7 Å². The standard InChI is InChI=1S/C28H37N3O5/c1-28(2,3)18-26(32)30(15-16-34-4)19-27(33)31-24(22-9-7-8-10-25(22)36-6)17-23(29-31)20-11-13-21(35-5)14-12-20/h7-14,24H,15-19H2,1-6H3. The van der Waals surface area contributed by atoms with Gasteiger partial charge in [-0.1, -0.05) is 39.0 Å². The molecule has 1 aliphatic heterocycles. The van der Waals surface area contributed by atoms with Gasteiger partial charge in [0, 0.05) is 32.1 Å². The molecule has 0 bridgehead atoms. The number of rotatable bonds is 10. The molecular formula is C28H37N3O5. The molecule has 0 aliphatic carbocycles. The van der Waals surface area contributed by atoms with E-state index in [1.807, 2.05) is 69.3 Å². The zero-order valence-electron chi connectivity index (χ0n) is 22.1. The van der Waals surface area contributed by atoms with E-state index in [-0.39, 0.29) is 29.8 Å². The molecule has 36 heavy (non-hydrogen) atoms. The third-order valence-corrected chi connectivity index (χ3v) is 6.01. The summed E-state index contributed by atoms with van der Waals surface area (Å²) in [6, 6.07) is 14.9. The molecule has 0 aromatic heterocycles. The van der Waals surface area contributed by atoms with Crippen molar-refractivity contribution in [1.29, 1.82) is 0 Å². The number of carbonyl (C=O) groups excluding carboxylic acids is 2. The van der Waals surface area contributed by atoms with Crippen LogP contribution in [0.1, 0.15) is 50.8 Å². The zero-order valence-corrected chi connectivity index (χ0v) is 22.1. The Hall–Kier alpha value is -3.39. The second kappa shape index (κ2) is 12.0. The number of hydrogen-bond acceptors (Lipinski definition) is 6. The molecule has 1 aliphatic rings. The van der Waals surface area contributed by atoms with Crippen LogP contribution in [0.4, 0.5) is 0 Å². The molecule has 2 aromatic rings. The maximum Gasteiger partial charge on any atom is 0.262 e. The van der Waals surface area contributed by atoms with E-state index >= 15 is 0 Å². The van der Waals surface area contributed by atoms with Crippen molar-refractivity contribution in [3.8, 4) is 11.5 Å². The number of carbonyl (C=O) groups is 2. The molecule has 1 heterocycles. The molecular weight excluding hydrogens is 458 g/mol. The van der Waals surface area contributed by atoms with E-state index in [9.17, 15) is 9.59 Å². The van der Waals surface area contributed by atoms with Gasteiger partial charge in [-0.05, 0) is 41.3 Å². The van der Waals surface area contributed by atoms with Crippen LogP contribution in [-0.4, -0.2) is 68.5 Å². The van der Waals surface area contributed by atoms with Crippen LogP contribution >= 0.6 is 0 Å². The SMILES string of the molecule is COCCN(CC(=O)N1N=C(c2ccc(OC)cc2)CC1c1ccccc1OC)C(=O)CC(C)(C)C. The van der Waals surface area contributed by atoms with Crippen LogP contribution in [0.3, 0.4) is 0 Å². The molecule has 2 amide bonds. The van der Waals surface area contributed by atoms with E-state index in [1.54, 1.807) is 26.2 Å². The van der Waals surface area contributed by atoms with E-state index in [0.717, 1.165) is 22.6 Å². The predicted molar refractivity (Wildman–Crippen MR) is 139 cm³/mol. The highest BCUT2D eigenvalue weighted by molar-refractivity contribution is 6.03. The Balaban J connectivity index is 1.93.